The molecule has 0 saturated carbocycles. The first-order valence-corrected chi connectivity index (χ1v) is 8.71. The number of imidazole rings is 1. The Morgan fingerprint density at radius 2 is 2.04 bits per heavy atom. The van der Waals surface area contributed by atoms with Crippen molar-refractivity contribution < 1.29 is 9.59 Å². The van der Waals surface area contributed by atoms with E-state index >= 15 is 0 Å². The van der Waals surface area contributed by atoms with Gasteiger partial charge in [0.2, 0.25) is 0 Å². The summed E-state index contributed by atoms with van der Waals surface area (Å²) in [4.78, 5) is 34.2. The van der Waals surface area contributed by atoms with Crippen molar-refractivity contribution in [2.24, 2.45) is 0 Å². The molecule has 8 nitrogen and oxygen atoms in total. The van der Waals surface area contributed by atoms with Crippen LogP contribution in [0.1, 0.15) is 26.7 Å². The second kappa shape index (κ2) is 9.67. The zero-order valence-electron chi connectivity index (χ0n) is 15.5. The van der Waals surface area contributed by atoms with Gasteiger partial charge in [-0.1, -0.05) is 0 Å². The van der Waals surface area contributed by atoms with E-state index in [1.807, 2.05) is 0 Å². The maximum absolute atomic E-state index is 11.9. The Morgan fingerprint density at radius 1 is 1.23 bits per heavy atom. The van der Waals surface area contributed by atoms with Crippen molar-refractivity contribution in [3.63, 3.8) is 0 Å². The summed E-state index contributed by atoms with van der Waals surface area (Å²) < 4.78 is 1.75. The molecule has 2 heterocycles. The molecule has 0 aliphatic heterocycles. The fraction of sp³-hybridized carbons (Fsp3) is 0.444. The van der Waals surface area contributed by atoms with Crippen LogP contribution in [0.25, 0.3) is 5.82 Å². The molecule has 0 aromatic carbocycles. The van der Waals surface area contributed by atoms with Gasteiger partial charge in [0, 0.05) is 25.0 Å². The van der Waals surface area contributed by atoms with E-state index in [0.717, 1.165) is 19.4 Å². The predicted octanol–water partition coefficient (Wildman–Crippen LogP) is 1.44. The minimum atomic E-state index is -0.693. The Balaban J connectivity index is 1.71. The number of nitrogens with one attached hydrogen (secondary N) is 2. The molecule has 26 heavy (non-hydrogen) atoms. The number of nitrogens with zero attached hydrogens (tertiary/aromatic N) is 4. The Morgan fingerprint density at radius 3 is 2.65 bits per heavy atom. The van der Waals surface area contributed by atoms with Gasteiger partial charge in [0.05, 0.1) is 11.9 Å². The van der Waals surface area contributed by atoms with Crippen LogP contribution in [-0.2, 0) is 9.59 Å². The third kappa shape index (κ3) is 5.96. The van der Waals surface area contributed by atoms with Gasteiger partial charge < -0.3 is 15.5 Å². The number of aromatic nitrogens is 3. The molecule has 0 bridgehead atoms. The average molecular weight is 358 g/mol. The lowest BCUT2D eigenvalue weighted by atomic mass is 10.2. The van der Waals surface area contributed by atoms with Crippen LogP contribution >= 0.6 is 0 Å². The molecule has 0 spiro atoms. The standard InChI is InChI=1S/C18H26N6O2/c1-14(2)23(3)10-5-4-8-20-17(25)18(26)22-15-6-7-16(21-12-15)24-11-9-19-13-24/h6-7,9,11-14H,4-5,8,10H2,1-3H3,(H,20,25)(H,22,26). The molecule has 2 N–H and O–H groups in total. The average Bonchev–Trinajstić information content (AvgIpc) is 3.16. The summed E-state index contributed by atoms with van der Waals surface area (Å²) in [5, 5.41) is 5.18. The zero-order chi connectivity index (χ0) is 18.9. The molecule has 0 atom stereocenters. The van der Waals surface area contributed by atoms with Crippen LogP contribution in [0.15, 0.2) is 37.1 Å². The first-order chi connectivity index (χ1) is 12.5. The number of rotatable bonds is 8. The molecule has 2 aromatic heterocycles. The molecule has 2 aromatic rings. The summed E-state index contributed by atoms with van der Waals surface area (Å²) in [7, 11) is 2.07. The van der Waals surface area contributed by atoms with E-state index < -0.39 is 11.8 Å². The van der Waals surface area contributed by atoms with Gasteiger partial charge in [0.25, 0.3) is 0 Å². The van der Waals surface area contributed by atoms with Crippen LogP contribution in [0.2, 0.25) is 0 Å². The topological polar surface area (TPSA) is 92.2 Å². The van der Waals surface area contributed by atoms with Gasteiger partial charge in [0.15, 0.2) is 0 Å². The molecule has 0 saturated heterocycles. The summed E-state index contributed by atoms with van der Waals surface area (Å²) in [6.07, 6.45) is 8.36. The zero-order valence-corrected chi connectivity index (χ0v) is 15.5. The summed E-state index contributed by atoms with van der Waals surface area (Å²) in [5.74, 6) is -0.654. The van der Waals surface area contributed by atoms with Crippen molar-refractivity contribution in [2.75, 3.05) is 25.5 Å². The van der Waals surface area contributed by atoms with Crippen LogP contribution in [0, 0.1) is 0 Å². The van der Waals surface area contributed by atoms with E-state index in [1.54, 1.807) is 35.4 Å². The van der Waals surface area contributed by atoms with Crippen molar-refractivity contribution in [3.8, 4) is 5.82 Å². The number of hydrogen-bond donors (Lipinski definition) is 2. The molecule has 0 radical (unpaired) electrons. The number of pyridine rings is 1. The second-order valence-corrected chi connectivity index (χ2v) is 6.37. The fourth-order valence-electron chi connectivity index (χ4n) is 2.22. The van der Waals surface area contributed by atoms with Gasteiger partial charge in [-0.25, -0.2) is 9.97 Å². The molecule has 0 unspecified atom stereocenters. The summed E-state index contributed by atoms with van der Waals surface area (Å²) in [5.41, 5.74) is 0.465. The van der Waals surface area contributed by atoms with Crippen LogP contribution in [0.3, 0.4) is 0 Å². The van der Waals surface area contributed by atoms with Crippen LogP contribution in [-0.4, -0.2) is 57.4 Å². The van der Waals surface area contributed by atoms with Crippen LogP contribution < -0.4 is 10.6 Å². The molecule has 8 heteroatoms. The van der Waals surface area contributed by atoms with E-state index in [1.165, 1.54) is 6.20 Å². The van der Waals surface area contributed by atoms with Crippen LogP contribution in [0.4, 0.5) is 5.69 Å². The van der Waals surface area contributed by atoms with Gasteiger partial charge in [0.1, 0.15) is 12.1 Å². The number of hydrogen-bond acceptors (Lipinski definition) is 5. The third-order valence-electron chi connectivity index (χ3n) is 4.09. The largest absolute Gasteiger partial charge is 0.348 e. The third-order valence-corrected chi connectivity index (χ3v) is 4.09. The number of amides is 2. The van der Waals surface area contributed by atoms with Crippen LogP contribution in [0.5, 0.6) is 0 Å². The predicted molar refractivity (Wildman–Crippen MR) is 100.0 cm³/mol. The number of unbranched alkanes of at least 4 members (excludes halogenated alkanes) is 1. The van der Waals surface area contributed by atoms with E-state index in [2.05, 4.69) is 46.4 Å². The minimum Gasteiger partial charge on any atom is -0.348 e. The van der Waals surface area contributed by atoms with E-state index in [9.17, 15) is 9.59 Å². The monoisotopic (exact) mass is 358 g/mol. The van der Waals surface area contributed by atoms with Crippen molar-refractivity contribution >= 4 is 17.5 Å². The van der Waals surface area contributed by atoms with E-state index in [0.29, 0.717) is 24.1 Å². The van der Waals surface area contributed by atoms with Gasteiger partial charge in [-0.15, -0.1) is 0 Å². The molecule has 2 rings (SSSR count). The van der Waals surface area contributed by atoms with Crippen molar-refractivity contribution in [3.05, 3.63) is 37.1 Å². The van der Waals surface area contributed by atoms with Crippen molar-refractivity contribution in [1.29, 1.82) is 0 Å². The maximum atomic E-state index is 11.9. The lowest BCUT2D eigenvalue weighted by Crippen LogP contribution is -2.36. The van der Waals surface area contributed by atoms with Gasteiger partial charge in [-0.3, -0.25) is 14.2 Å². The Bertz CT molecular complexity index is 697. The Labute approximate surface area is 153 Å². The maximum Gasteiger partial charge on any atom is 0.313 e. The van der Waals surface area contributed by atoms with Gasteiger partial charge in [-0.2, -0.15) is 0 Å². The quantitative estimate of drug-likeness (QED) is 0.550. The van der Waals surface area contributed by atoms with E-state index in [4.69, 9.17) is 0 Å². The number of carbonyl (C=O) groups excluding carboxylic acids is 2. The van der Waals surface area contributed by atoms with Crippen molar-refractivity contribution in [1.82, 2.24) is 24.8 Å². The lowest BCUT2D eigenvalue weighted by Gasteiger charge is -2.20. The normalized spacial score (nSPS) is 11.0. The Hall–Kier alpha value is -2.74. The molecular weight excluding hydrogens is 332 g/mol. The molecule has 140 valence electrons. The first-order valence-electron chi connectivity index (χ1n) is 8.71. The van der Waals surface area contributed by atoms with Gasteiger partial charge in [-0.05, 0) is 52.4 Å². The van der Waals surface area contributed by atoms with Crippen molar-refractivity contribution in [2.45, 2.75) is 32.7 Å². The highest BCUT2D eigenvalue weighted by Crippen LogP contribution is 2.09. The SMILES string of the molecule is CC(C)N(C)CCCCNC(=O)C(=O)Nc1ccc(-n2ccnc2)nc1. The lowest BCUT2D eigenvalue weighted by molar-refractivity contribution is -0.136. The van der Waals surface area contributed by atoms with E-state index in [-0.39, 0.29) is 0 Å². The summed E-state index contributed by atoms with van der Waals surface area (Å²) in [6, 6.07) is 3.93. The molecule has 2 amide bonds. The fourth-order valence-corrected chi connectivity index (χ4v) is 2.22. The Kier molecular flexibility index (Phi) is 7.28. The summed E-state index contributed by atoms with van der Waals surface area (Å²) >= 11 is 0. The smallest absolute Gasteiger partial charge is 0.313 e. The number of anilines is 1. The second-order valence-electron chi connectivity index (χ2n) is 6.37. The first kappa shape index (κ1) is 19.6. The minimum absolute atomic E-state index is 0.465. The number of carbonyl (C=O) groups is 2. The highest BCUT2D eigenvalue weighted by atomic mass is 16.2. The summed E-state index contributed by atoms with van der Waals surface area (Å²) in [6.45, 7) is 5.73. The van der Waals surface area contributed by atoms with Gasteiger partial charge >= 0.3 is 11.8 Å². The highest BCUT2D eigenvalue weighted by molar-refractivity contribution is 6.39. The molecule has 0 aliphatic rings. The highest BCUT2D eigenvalue weighted by Gasteiger charge is 2.13. The molecule has 0 fully saturated rings. The molecule has 0 aliphatic carbocycles. The molecular formula is C18H26N6O2.